The van der Waals surface area contributed by atoms with Crippen LogP contribution in [0, 0.1) is 6.92 Å². The number of anilines is 2. The van der Waals surface area contributed by atoms with Gasteiger partial charge >= 0.3 is 5.69 Å². The van der Waals surface area contributed by atoms with Crippen LogP contribution in [0.25, 0.3) is 22.6 Å². The number of fused-ring (bicyclic) bond motifs is 1. The fourth-order valence-electron chi connectivity index (χ4n) is 4.17. The predicted octanol–water partition coefficient (Wildman–Crippen LogP) is 3.86. The zero-order chi connectivity index (χ0) is 25.8. The first-order valence-electron chi connectivity index (χ1n) is 12.1. The van der Waals surface area contributed by atoms with Gasteiger partial charge in [-0.3, -0.25) is 19.1 Å². The highest BCUT2D eigenvalue weighted by Crippen LogP contribution is 2.30. The van der Waals surface area contributed by atoms with Gasteiger partial charge in [-0.15, -0.1) is 0 Å². The Bertz CT molecular complexity index is 1480. The molecule has 4 aromatic heterocycles. The molecule has 0 radical (unpaired) electrons. The van der Waals surface area contributed by atoms with Gasteiger partial charge in [0, 0.05) is 13.1 Å². The third kappa shape index (κ3) is 4.68. The number of carbonyl (C=O) groups excluding carboxylic acids is 1. The molecule has 3 N–H and O–H groups in total. The van der Waals surface area contributed by atoms with Crippen molar-refractivity contribution in [2.24, 2.45) is 0 Å². The highest BCUT2D eigenvalue weighted by atomic mass is 16.5. The number of amides is 1. The third-order valence-electron chi connectivity index (χ3n) is 6.07. The fourth-order valence-corrected chi connectivity index (χ4v) is 4.17. The number of unbranched alkanes of at least 4 members (excludes halogenated alkanes) is 3. The average molecular weight is 495 g/mol. The van der Waals surface area contributed by atoms with Crippen LogP contribution in [0.15, 0.2) is 43.0 Å². The van der Waals surface area contributed by atoms with Crippen molar-refractivity contribution < 1.29 is 13.7 Å². The number of nitrogens with two attached hydrogens (primary N) is 1. The molecule has 0 aromatic carbocycles. The van der Waals surface area contributed by atoms with Crippen molar-refractivity contribution in [2.45, 2.75) is 59.4 Å². The summed E-state index contributed by atoms with van der Waals surface area (Å²) < 4.78 is 12.2. The van der Waals surface area contributed by atoms with Crippen molar-refractivity contribution in [3.05, 3.63) is 56.6 Å². The number of pyridine rings is 1. The SMILES string of the molecule is CCCCCN(C(=O)c1cc(-c2ccco2)nc2onc(C)c12)c1c(N)n(CCCC)c(=O)[nH]c1=O. The summed E-state index contributed by atoms with van der Waals surface area (Å²) in [7, 11) is 0. The maximum atomic E-state index is 14.1. The number of nitrogens with one attached hydrogen (secondary N) is 1. The van der Waals surface area contributed by atoms with Gasteiger partial charge in [-0.2, -0.15) is 0 Å². The molecule has 0 spiro atoms. The van der Waals surface area contributed by atoms with Crippen LogP contribution in [0.4, 0.5) is 11.5 Å². The highest BCUT2D eigenvalue weighted by molar-refractivity contribution is 6.14. The lowest BCUT2D eigenvalue weighted by Gasteiger charge is -2.25. The molecule has 11 nitrogen and oxygen atoms in total. The Morgan fingerprint density at radius 1 is 1.19 bits per heavy atom. The molecule has 1 amide bonds. The number of carbonyl (C=O) groups is 1. The van der Waals surface area contributed by atoms with E-state index in [1.165, 1.54) is 15.7 Å². The number of aromatic nitrogens is 4. The number of furan rings is 1. The molecule has 190 valence electrons. The number of rotatable bonds is 10. The Morgan fingerprint density at radius 2 is 1.97 bits per heavy atom. The Kier molecular flexibility index (Phi) is 7.37. The van der Waals surface area contributed by atoms with Gasteiger partial charge in [0.1, 0.15) is 11.5 Å². The molecule has 0 atom stereocenters. The van der Waals surface area contributed by atoms with Crippen LogP contribution in [-0.2, 0) is 6.54 Å². The van der Waals surface area contributed by atoms with Crippen molar-refractivity contribution in [2.75, 3.05) is 17.2 Å². The maximum absolute atomic E-state index is 14.1. The van der Waals surface area contributed by atoms with E-state index in [-0.39, 0.29) is 29.3 Å². The van der Waals surface area contributed by atoms with E-state index in [9.17, 15) is 14.4 Å². The monoisotopic (exact) mass is 494 g/mol. The quantitative estimate of drug-likeness (QED) is 0.315. The Morgan fingerprint density at radius 3 is 2.67 bits per heavy atom. The lowest BCUT2D eigenvalue weighted by atomic mass is 10.1. The molecular formula is C25H30N6O5. The molecule has 11 heteroatoms. The number of nitrogen functional groups attached to an aromatic ring is 1. The molecule has 0 fully saturated rings. The molecule has 4 heterocycles. The van der Waals surface area contributed by atoms with Crippen LogP contribution in [0.1, 0.15) is 62.0 Å². The van der Waals surface area contributed by atoms with Crippen LogP contribution >= 0.6 is 0 Å². The van der Waals surface area contributed by atoms with E-state index in [4.69, 9.17) is 14.7 Å². The molecule has 0 unspecified atom stereocenters. The van der Waals surface area contributed by atoms with E-state index >= 15 is 0 Å². The Hall–Kier alpha value is -4.15. The lowest BCUT2D eigenvalue weighted by Crippen LogP contribution is -2.41. The molecule has 0 aliphatic heterocycles. The zero-order valence-corrected chi connectivity index (χ0v) is 20.7. The maximum Gasteiger partial charge on any atom is 0.330 e. The topological polar surface area (TPSA) is 153 Å². The molecule has 0 saturated heterocycles. The molecule has 0 aliphatic carbocycles. The molecule has 0 saturated carbocycles. The first-order valence-corrected chi connectivity index (χ1v) is 12.1. The summed E-state index contributed by atoms with van der Waals surface area (Å²) in [6.45, 7) is 6.30. The van der Waals surface area contributed by atoms with Gasteiger partial charge < -0.3 is 19.6 Å². The van der Waals surface area contributed by atoms with Crippen LogP contribution in [0.2, 0.25) is 0 Å². The van der Waals surface area contributed by atoms with Crippen LogP contribution < -0.4 is 21.9 Å². The second-order valence-electron chi connectivity index (χ2n) is 8.64. The van der Waals surface area contributed by atoms with E-state index in [1.54, 1.807) is 25.1 Å². The summed E-state index contributed by atoms with van der Waals surface area (Å²) in [5.74, 6) is -0.0702. The minimum absolute atomic E-state index is 0.0411. The first kappa shape index (κ1) is 25.0. The summed E-state index contributed by atoms with van der Waals surface area (Å²) >= 11 is 0. The van der Waals surface area contributed by atoms with Gasteiger partial charge in [-0.25, -0.2) is 9.78 Å². The standard InChI is InChI=1S/C25H30N6O5/c1-4-6-8-12-30(20-21(26)31(11-7-5-2)25(34)28-22(20)32)24(33)16-14-17(18-10-9-13-35-18)27-23-19(16)15(3)29-36-23/h9-10,13-14H,4-8,11-12,26H2,1-3H3,(H,28,32,34). The smallest absolute Gasteiger partial charge is 0.330 e. The van der Waals surface area contributed by atoms with Crippen molar-refractivity contribution >= 4 is 28.5 Å². The highest BCUT2D eigenvalue weighted by Gasteiger charge is 2.29. The minimum Gasteiger partial charge on any atom is -0.463 e. The number of hydrogen-bond donors (Lipinski definition) is 2. The van der Waals surface area contributed by atoms with E-state index in [0.717, 1.165) is 19.3 Å². The van der Waals surface area contributed by atoms with Crippen LogP contribution in [0.3, 0.4) is 0 Å². The number of H-pyrrole nitrogens is 1. The van der Waals surface area contributed by atoms with Crippen molar-refractivity contribution in [1.29, 1.82) is 0 Å². The van der Waals surface area contributed by atoms with Crippen molar-refractivity contribution in [3.8, 4) is 11.5 Å². The Labute approximate surface area is 206 Å². The van der Waals surface area contributed by atoms with Gasteiger partial charge in [0.2, 0.25) is 0 Å². The third-order valence-corrected chi connectivity index (χ3v) is 6.07. The van der Waals surface area contributed by atoms with Crippen molar-refractivity contribution in [1.82, 2.24) is 19.7 Å². The van der Waals surface area contributed by atoms with E-state index < -0.39 is 17.2 Å². The number of hydrogen-bond acceptors (Lipinski definition) is 8. The van der Waals surface area contributed by atoms with Crippen LogP contribution in [0.5, 0.6) is 0 Å². The van der Waals surface area contributed by atoms with E-state index in [2.05, 4.69) is 15.1 Å². The average Bonchev–Trinajstić information content (AvgIpc) is 3.52. The summed E-state index contributed by atoms with van der Waals surface area (Å²) in [4.78, 5) is 47.8. The molecule has 0 aliphatic rings. The van der Waals surface area contributed by atoms with E-state index in [0.29, 0.717) is 41.9 Å². The molecule has 4 aromatic rings. The van der Waals surface area contributed by atoms with E-state index in [1.807, 2.05) is 13.8 Å². The number of nitrogens with zero attached hydrogens (tertiary/aromatic N) is 4. The molecule has 4 rings (SSSR count). The predicted molar refractivity (Wildman–Crippen MR) is 136 cm³/mol. The molecule has 0 bridgehead atoms. The van der Waals surface area contributed by atoms with Gasteiger partial charge in [-0.05, 0) is 38.0 Å². The second-order valence-corrected chi connectivity index (χ2v) is 8.64. The van der Waals surface area contributed by atoms with Gasteiger partial charge in [-0.1, -0.05) is 38.3 Å². The minimum atomic E-state index is -0.714. The Balaban J connectivity index is 1.90. The molecule has 36 heavy (non-hydrogen) atoms. The normalized spacial score (nSPS) is 11.3. The zero-order valence-electron chi connectivity index (χ0n) is 20.7. The van der Waals surface area contributed by atoms with Gasteiger partial charge in [0.15, 0.2) is 11.4 Å². The van der Waals surface area contributed by atoms with Crippen LogP contribution in [-0.4, -0.2) is 32.1 Å². The van der Waals surface area contributed by atoms with Crippen molar-refractivity contribution in [3.63, 3.8) is 0 Å². The summed E-state index contributed by atoms with van der Waals surface area (Å²) in [6.07, 6.45) is 5.42. The summed E-state index contributed by atoms with van der Waals surface area (Å²) in [6, 6.07) is 5.03. The fraction of sp³-hybridized carbons (Fsp3) is 0.400. The lowest BCUT2D eigenvalue weighted by molar-refractivity contribution is 0.0987. The first-order chi connectivity index (χ1) is 17.4. The van der Waals surface area contributed by atoms with Gasteiger partial charge in [0.25, 0.3) is 17.2 Å². The summed E-state index contributed by atoms with van der Waals surface area (Å²) in [5.41, 5.74) is 6.29. The largest absolute Gasteiger partial charge is 0.463 e. The second kappa shape index (κ2) is 10.6. The molecular weight excluding hydrogens is 464 g/mol. The summed E-state index contributed by atoms with van der Waals surface area (Å²) in [5, 5.41) is 4.42. The van der Waals surface area contributed by atoms with Gasteiger partial charge in [0.05, 0.1) is 22.9 Å². The number of aryl methyl sites for hydroxylation is 1. The number of aromatic amines is 1.